The third kappa shape index (κ3) is 2.77. The molecule has 2 nitrogen and oxygen atoms in total. The zero-order valence-corrected chi connectivity index (χ0v) is 8.96. The van der Waals surface area contributed by atoms with E-state index in [4.69, 9.17) is 4.74 Å². The first-order valence-electron chi connectivity index (χ1n) is 5.44. The topological polar surface area (TPSA) is 21.3 Å². The molecule has 1 unspecified atom stereocenters. The molecular weight excluding hydrogens is 212 g/mol. The van der Waals surface area contributed by atoms with Crippen molar-refractivity contribution < 1.29 is 13.5 Å². The molecule has 4 heteroatoms. The summed E-state index contributed by atoms with van der Waals surface area (Å²) in [6.07, 6.45) is 0.736. The van der Waals surface area contributed by atoms with E-state index in [1.165, 1.54) is 12.1 Å². The Morgan fingerprint density at radius 1 is 1.31 bits per heavy atom. The fourth-order valence-corrected chi connectivity index (χ4v) is 1.76. The Balaban J connectivity index is 1.92. The van der Waals surface area contributed by atoms with Crippen molar-refractivity contribution in [2.75, 3.05) is 19.7 Å². The van der Waals surface area contributed by atoms with Crippen LogP contribution < -0.4 is 5.32 Å². The maximum atomic E-state index is 13.7. The minimum atomic E-state index is -2.90. The van der Waals surface area contributed by atoms with Crippen LogP contribution in [0.4, 0.5) is 8.78 Å². The fourth-order valence-electron chi connectivity index (χ4n) is 1.76. The normalized spacial score (nSPS) is 21.2. The molecule has 0 radical (unpaired) electrons. The van der Waals surface area contributed by atoms with Crippen LogP contribution in [0.15, 0.2) is 30.3 Å². The van der Waals surface area contributed by atoms with Crippen molar-refractivity contribution >= 4 is 0 Å². The minimum Gasteiger partial charge on any atom is -0.370 e. The monoisotopic (exact) mass is 227 g/mol. The van der Waals surface area contributed by atoms with E-state index < -0.39 is 12.5 Å². The Morgan fingerprint density at radius 3 is 2.69 bits per heavy atom. The predicted octanol–water partition coefficient (Wildman–Crippen LogP) is 2.16. The van der Waals surface area contributed by atoms with Crippen LogP contribution in [0.1, 0.15) is 12.0 Å². The lowest BCUT2D eigenvalue weighted by molar-refractivity contribution is -0.101. The molecule has 1 saturated heterocycles. The summed E-state index contributed by atoms with van der Waals surface area (Å²) in [6, 6.07) is 7.80. The average Bonchev–Trinajstić information content (AvgIpc) is 2.81. The molecule has 1 aromatic carbocycles. The third-order valence-electron chi connectivity index (χ3n) is 2.71. The van der Waals surface area contributed by atoms with Gasteiger partial charge < -0.3 is 10.1 Å². The van der Waals surface area contributed by atoms with Gasteiger partial charge in [0.05, 0.1) is 6.10 Å². The standard InChI is InChI=1S/C12H15F2NO/c13-12(14,10-4-2-1-3-5-10)9-16-11-6-7-15-8-11/h1-5,11,15H,6-9H2. The zero-order chi connectivity index (χ0) is 11.4. The Bertz CT molecular complexity index is 323. The minimum absolute atomic E-state index is 0.0148. The van der Waals surface area contributed by atoms with Gasteiger partial charge in [0, 0.05) is 12.1 Å². The molecule has 0 bridgehead atoms. The molecule has 0 aromatic heterocycles. The van der Waals surface area contributed by atoms with Crippen molar-refractivity contribution in [3.63, 3.8) is 0 Å². The highest BCUT2D eigenvalue weighted by Crippen LogP contribution is 2.28. The Morgan fingerprint density at radius 2 is 2.06 bits per heavy atom. The molecular formula is C12H15F2NO. The zero-order valence-electron chi connectivity index (χ0n) is 8.96. The van der Waals surface area contributed by atoms with Crippen molar-refractivity contribution in [2.45, 2.75) is 18.4 Å². The van der Waals surface area contributed by atoms with Crippen LogP contribution in [0.2, 0.25) is 0 Å². The quantitative estimate of drug-likeness (QED) is 0.851. The smallest absolute Gasteiger partial charge is 0.296 e. The number of nitrogens with one attached hydrogen (secondary N) is 1. The molecule has 0 spiro atoms. The second-order valence-electron chi connectivity index (χ2n) is 4.00. The van der Waals surface area contributed by atoms with Gasteiger partial charge in [-0.05, 0) is 13.0 Å². The SMILES string of the molecule is FC(F)(COC1CCNC1)c1ccccc1. The summed E-state index contributed by atoms with van der Waals surface area (Å²) >= 11 is 0. The lowest BCUT2D eigenvalue weighted by atomic mass is 10.1. The van der Waals surface area contributed by atoms with Crippen molar-refractivity contribution in [3.8, 4) is 0 Å². The number of rotatable bonds is 4. The average molecular weight is 227 g/mol. The molecule has 1 aliphatic heterocycles. The number of halogens is 2. The molecule has 88 valence electrons. The van der Waals surface area contributed by atoms with E-state index in [-0.39, 0.29) is 11.7 Å². The Kier molecular flexibility index (Phi) is 3.51. The summed E-state index contributed by atoms with van der Waals surface area (Å²) < 4.78 is 32.5. The third-order valence-corrected chi connectivity index (χ3v) is 2.71. The molecule has 1 aromatic rings. The molecule has 1 heterocycles. The first-order valence-corrected chi connectivity index (χ1v) is 5.44. The van der Waals surface area contributed by atoms with Gasteiger partial charge in [-0.3, -0.25) is 0 Å². The van der Waals surface area contributed by atoms with E-state index in [0.29, 0.717) is 6.54 Å². The van der Waals surface area contributed by atoms with Gasteiger partial charge in [0.2, 0.25) is 0 Å². The van der Waals surface area contributed by atoms with Crippen LogP contribution in [0.3, 0.4) is 0 Å². The molecule has 0 saturated carbocycles. The largest absolute Gasteiger partial charge is 0.370 e. The van der Waals surface area contributed by atoms with Gasteiger partial charge in [-0.2, -0.15) is 8.78 Å². The van der Waals surface area contributed by atoms with Crippen molar-refractivity contribution in [1.82, 2.24) is 5.32 Å². The second-order valence-corrected chi connectivity index (χ2v) is 4.00. The molecule has 1 atom stereocenters. The van der Waals surface area contributed by atoms with E-state index in [2.05, 4.69) is 5.32 Å². The van der Waals surface area contributed by atoms with Gasteiger partial charge in [0.25, 0.3) is 5.92 Å². The second kappa shape index (κ2) is 4.89. The van der Waals surface area contributed by atoms with Crippen LogP contribution in [0.5, 0.6) is 0 Å². The van der Waals surface area contributed by atoms with E-state index in [1.54, 1.807) is 18.2 Å². The van der Waals surface area contributed by atoms with Gasteiger partial charge in [-0.1, -0.05) is 30.3 Å². The van der Waals surface area contributed by atoms with Crippen LogP contribution >= 0.6 is 0 Å². The Hall–Kier alpha value is -1.00. The summed E-state index contributed by atoms with van der Waals surface area (Å²) in [7, 11) is 0. The summed E-state index contributed by atoms with van der Waals surface area (Å²) in [4.78, 5) is 0. The molecule has 1 N–H and O–H groups in total. The lowest BCUT2D eigenvalue weighted by Crippen LogP contribution is -2.26. The van der Waals surface area contributed by atoms with Crippen LogP contribution in [0, 0.1) is 0 Å². The highest BCUT2D eigenvalue weighted by atomic mass is 19.3. The molecule has 16 heavy (non-hydrogen) atoms. The number of hydrogen-bond acceptors (Lipinski definition) is 2. The van der Waals surface area contributed by atoms with Crippen molar-refractivity contribution in [2.24, 2.45) is 0 Å². The molecule has 0 aliphatic carbocycles. The van der Waals surface area contributed by atoms with Crippen LogP contribution in [-0.2, 0) is 10.7 Å². The number of ether oxygens (including phenoxy) is 1. The van der Waals surface area contributed by atoms with Crippen LogP contribution in [-0.4, -0.2) is 25.8 Å². The van der Waals surface area contributed by atoms with E-state index in [0.717, 1.165) is 13.0 Å². The lowest BCUT2D eigenvalue weighted by Gasteiger charge is -2.19. The summed E-state index contributed by atoms with van der Waals surface area (Å²) in [5.74, 6) is -2.90. The van der Waals surface area contributed by atoms with Crippen molar-refractivity contribution in [3.05, 3.63) is 35.9 Å². The highest BCUT2D eigenvalue weighted by molar-refractivity contribution is 5.19. The maximum absolute atomic E-state index is 13.7. The molecule has 0 amide bonds. The molecule has 2 rings (SSSR count). The van der Waals surface area contributed by atoms with Crippen LogP contribution in [0.25, 0.3) is 0 Å². The number of benzene rings is 1. The number of alkyl halides is 2. The molecule has 1 aliphatic rings. The predicted molar refractivity (Wildman–Crippen MR) is 57.6 cm³/mol. The van der Waals surface area contributed by atoms with E-state index in [9.17, 15) is 8.78 Å². The number of hydrogen-bond donors (Lipinski definition) is 1. The Labute approximate surface area is 93.6 Å². The first-order chi connectivity index (χ1) is 7.68. The first kappa shape index (κ1) is 11.5. The summed E-state index contributed by atoms with van der Waals surface area (Å²) in [6.45, 7) is 0.982. The van der Waals surface area contributed by atoms with E-state index in [1.807, 2.05) is 0 Å². The van der Waals surface area contributed by atoms with Gasteiger partial charge >= 0.3 is 0 Å². The van der Waals surface area contributed by atoms with E-state index >= 15 is 0 Å². The van der Waals surface area contributed by atoms with Gasteiger partial charge in [-0.25, -0.2) is 0 Å². The van der Waals surface area contributed by atoms with Gasteiger partial charge in [0.1, 0.15) is 6.61 Å². The van der Waals surface area contributed by atoms with Gasteiger partial charge in [-0.15, -0.1) is 0 Å². The maximum Gasteiger partial charge on any atom is 0.296 e. The highest BCUT2D eigenvalue weighted by Gasteiger charge is 2.33. The summed E-state index contributed by atoms with van der Waals surface area (Å²) in [5.41, 5.74) is 0.0148. The van der Waals surface area contributed by atoms with Crippen molar-refractivity contribution in [1.29, 1.82) is 0 Å². The van der Waals surface area contributed by atoms with Gasteiger partial charge in [0.15, 0.2) is 0 Å². The molecule has 1 fully saturated rings. The fraction of sp³-hybridized carbons (Fsp3) is 0.500. The summed E-state index contributed by atoms with van der Waals surface area (Å²) in [5, 5.41) is 3.08.